The molecule has 5 nitrogen and oxygen atoms in total. The van der Waals surface area contributed by atoms with E-state index in [2.05, 4.69) is 10.5 Å². The van der Waals surface area contributed by atoms with Gasteiger partial charge in [0.25, 0.3) is 5.91 Å². The van der Waals surface area contributed by atoms with Crippen LogP contribution in [0.2, 0.25) is 0 Å². The summed E-state index contributed by atoms with van der Waals surface area (Å²) in [7, 11) is 3.51. The van der Waals surface area contributed by atoms with E-state index in [0.29, 0.717) is 11.3 Å². The standard InChI is InChI=1S/C18H17N3O2/c1-21-12-15(14-8-4-5-9-16(14)21)18(22)20-19-11-13-7-3-6-10-17(13)23-2/h3-12H,1-2H3,(H,20,22)/b19-11+. The van der Waals surface area contributed by atoms with Crippen LogP contribution in [0.1, 0.15) is 15.9 Å². The average molecular weight is 307 g/mol. The SMILES string of the molecule is COc1ccccc1/C=N/NC(=O)c1cn(C)c2ccccc12. The second kappa shape index (κ2) is 6.36. The van der Waals surface area contributed by atoms with Crippen molar-refractivity contribution in [1.29, 1.82) is 0 Å². The summed E-state index contributed by atoms with van der Waals surface area (Å²) in [6.45, 7) is 0. The van der Waals surface area contributed by atoms with Crippen molar-refractivity contribution in [1.82, 2.24) is 9.99 Å². The highest BCUT2D eigenvalue weighted by Gasteiger charge is 2.12. The number of carbonyl (C=O) groups excluding carboxylic acids is 1. The monoisotopic (exact) mass is 307 g/mol. The van der Waals surface area contributed by atoms with Crippen LogP contribution in [0.3, 0.4) is 0 Å². The Kier molecular flexibility index (Phi) is 4.10. The molecule has 0 saturated heterocycles. The summed E-state index contributed by atoms with van der Waals surface area (Å²) in [5.41, 5.74) is 4.97. The van der Waals surface area contributed by atoms with E-state index in [1.54, 1.807) is 19.5 Å². The molecule has 0 fully saturated rings. The van der Waals surface area contributed by atoms with E-state index in [-0.39, 0.29) is 5.91 Å². The first-order valence-corrected chi connectivity index (χ1v) is 7.21. The van der Waals surface area contributed by atoms with Crippen LogP contribution in [-0.4, -0.2) is 23.8 Å². The maximum absolute atomic E-state index is 12.3. The van der Waals surface area contributed by atoms with E-state index in [0.717, 1.165) is 16.5 Å². The Morgan fingerprint density at radius 1 is 1.17 bits per heavy atom. The van der Waals surface area contributed by atoms with Gasteiger partial charge in [-0.1, -0.05) is 30.3 Å². The first-order valence-electron chi connectivity index (χ1n) is 7.21. The summed E-state index contributed by atoms with van der Waals surface area (Å²) in [5, 5.41) is 4.93. The molecular formula is C18H17N3O2. The van der Waals surface area contributed by atoms with Crippen LogP contribution in [0.4, 0.5) is 0 Å². The number of fused-ring (bicyclic) bond motifs is 1. The molecule has 0 aliphatic rings. The third kappa shape index (κ3) is 2.94. The van der Waals surface area contributed by atoms with Crippen LogP contribution in [0.15, 0.2) is 59.8 Å². The van der Waals surface area contributed by atoms with Gasteiger partial charge >= 0.3 is 0 Å². The predicted octanol–water partition coefficient (Wildman–Crippen LogP) is 2.95. The van der Waals surface area contributed by atoms with Crippen molar-refractivity contribution in [3.63, 3.8) is 0 Å². The van der Waals surface area contributed by atoms with Gasteiger partial charge in [0.1, 0.15) is 5.75 Å². The third-order valence-electron chi connectivity index (χ3n) is 3.65. The Labute approximate surface area is 134 Å². The van der Waals surface area contributed by atoms with Gasteiger partial charge in [0.2, 0.25) is 0 Å². The molecule has 0 bridgehead atoms. The van der Waals surface area contributed by atoms with E-state index in [9.17, 15) is 4.79 Å². The first kappa shape index (κ1) is 14.8. The van der Waals surface area contributed by atoms with Gasteiger partial charge in [0, 0.05) is 29.7 Å². The van der Waals surface area contributed by atoms with Crippen molar-refractivity contribution >= 4 is 23.0 Å². The molecule has 0 aliphatic carbocycles. The van der Waals surface area contributed by atoms with Crippen molar-refractivity contribution in [2.24, 2.45) is 12.1 Å². The molecule has 0 saturated carbocycles. The van der Waals surface area contributed by atoms with Gasteiger partial charge in [-0.2, -0.15) is 5.10 Å². The number of nitrogens with zero attached hydrogens (tertiary/aromatic N) is 2. The maximum atomic E-state index is 12.3. The summed E-state index contributed by atoms with van der Waals surface area (Å²) in [6.07, 6.45) is 3.38. The van der Waals surface area contributed by atoms with Gasteiger partial charge in [-0.05, 0) is 18.2 Å². The van der Waals surface area contributed by atoms with Crippen molar-refractivity contribution in [2.45, 2.75) is 0 Å². The van der Waals surface area contributed by atoms with Crippen molar-refractivity contribution in [3.05, 3.63) is 65.9 Å². The van der Waals surface area contributed by atoms with Crippen molar-refractivity contribution in [2.75, 3.05) is 7.11 Å². The largest absolute Gasteiger partial charge is 0.496 e. The molecule has 23 heavy (non-hydrogen) atoms. The Morgan fingerprint density at radius 2 is 1.91 bits per heavy atom. The lowest BCUT2D eigenvalue weighted by atomic mass is 10.2. The highest BCUT2D eigenvalue weighted by molar-refractivity contribution is 6.07. The molecule has 2 aromatic carbocycles. The molecule has 116 valence electrons. The lowest BCUT2D eigenvalue weighted by molar-refractivity contribution is 0.0956. The number of aromatic nitrogens is 1. The number of hydrogen-bond acceptors (Lipinski definition) is 3. The third-order valence-corrected chi connectivity index (χ3v) is 3.65. The van der Waals surface area contributed by atoms with Gasteiger partial charge < -0.3 is 9.30 Å². The zero-order valence-electron chi connectivity index (χ0n) is 13.0. The fourth-order valence-electron chi connectivity index (χ4n) is 2.52. The molecule has 5 heteroatoms. The topological polar surface area (TPSA) is 55.6 Å². The summed E-state index contributed by atoms with van der Waals surface area (Å²) < 4.78 is 7.17. The molecule has 1 amide bonds. The number of benzene rings is 2. The van der Waals surface area contributed by atoms with Gasteiger partial charge in [-0.25, -0.2) is 5.43 Å². The number of carbonyl (C=O) groups is 1. The Hall–Kier alpha value is -3.08. The Balaban J connectivity index is 1.80. The molecule has 0 unspecified atom stereocenters. The van der Waals surface area contributed by atoms with E-state index in [1.807, 2.05) is 60.1 Å². The number of para-hydroxylation sites is 2. The number of nitrogens with one attached hydrogen (secondary N) is 1. The van der Waals surface area contributed by atoms with Crippen molar-refractivity contribution < 1.29 is 9.53 Å². The highest BCUT2D eigenvalue weighted by atomic mass is 16.5. The van der Waals surface area contributed by atoms with Gasteiger partial charge in [0.05, 0.1) is 18.9 Å². The molecule has 0 atom stereocenters. The highest BCUT2D eigenvalue weighted by Crippen LogP contribution is 2.20. The number of methoxy groups -OCH3 is 1. The minimum Gasteiger partial charge on any atom is -0.496 e. The molecular weight excluding hydrogens is 290 g/mol. The lowest BCUT2D eigenvalue weighted by Gasteiger charge is -2.03. The summed E-state index contributed by atoms with van der Waals surface area (Å²) in [6, 6.07) is 15.2. The summed E-state index contributed by atoms with van der Waals surface area (Å²) in [5.74, 6) is 0.462. The van der Waals surface area contributed by atoms with Crippen LogP contribution in [0.25, 0.3) is 10.9 Å². The fraction of sp³-hybridized carbons (Fsp3) is 0.111. The zero-order valence-corrected chi connectivity index (χ0v) is 13.0. The summed E-state index contributed by atoms with van der Waals surface area (Å²) >= 11 is 0. The second-order valence-electron chi connectivity index (χ2n) is 5.11. The molecule has 1 N–H and O–H groups in total. The lowest BCUT2D eigenvalue weighted by Crippen LogP contribution is -2.17. The molecule has 3 rings (SSSR count). The van der Waals surface area contributed by atoms with E-state index in [1.165, 1.54) is 0 Å². The quantitative estimate of drug-likeness (QED) is 0.595. The van der Waals surface area contributed by atoms with Crippen LogP contribution in [0.5, 0.6) is 5.75 Å². The Bertz CT molecular complexity index is 881. The van der Waals surface area contributed by atoms with E-state index >= 15 is 0 Å². The number of hydrogen-bond donors (Lipinski definition) is 1. The molecule has 1 aromatic heterocycles. The van der Waals surface area contributed by atoms with Gasteiger partial charge in [-0.3, -0.25) is 4.79 Å². The van der Waals surface area contributed by atoms with Crippen LogP contribution < -0.4 is 10.2 Å². The second-order valence-corrected chi connectivity index (χ2v) is 5.11. The van der Waals surface area contributed by atoms with Crippen LogP contribution >= 0.6 is 0 Å². The first-order chi connectivity index (χ1) is 11.2. The molecule has 0 radical (unpaired) electrons. The fourth-order valence-corrected chi connectivity index (χ4v) is 2.52. The minimum atomic E-state index is -0.243. The molecule has 0 aliphatic heterocycles. The molecule has 1 heterocycles. The normalized spacial score (nSPS) is 11.0. The van der Waals surface area contributed by atoms with Gasteiger partial charge in [-0.15, -0.1) is 0 Å². The number of aryl methyl sites for hydroxylation is 1. The van der Waals surface area contributed by atoms with E-state index < -0.39 is 0 Å². The van der Waals surface area contributed by atoms with E-state index in [4.69, 9.17) is 4.74 Å². The number of rotatable bonds is 4. The van der Waals surface area contributed by atoms with Crippen LogP contribution in [0, 0.1) is 0 Å². The maximum Gasteiger partial charge on any atom is 0.273 e. The smallest absolute Gasteiger partial charge is 0.273 e. The number of ether oxygens (including phenoxy) is 1. The average Bonchev–Trinajstić information content (AvgIpc) is 2.93. The Morgan fingerprint density at radius 3 is 2.74 bits per heavy atom. The molecule has 3 aromatic rings. The minimum absolute atomic E-state index is 0.243. The number of amides is 1. The molecule has 0 spiro atoms. The predicted molar refractivity (Wildman–Crippen MR) is 91.0 cm³/mol. The van der Waals surface area contributed by atoms with Gasteiger partial charge in [0.15, 0.2) is 0 Å². The summed E-state index contributed by atoms with van der Waals surface area (Å²) in [4.78, 5) is 12.3. The zero-order chi connectivity index (χ0) is 16.2. The van der Waals surface area contributed by atoms with Crippen LogP contribution in [-0.2, 0) is 7.05 Å². The number of hydrazone groups is 1. The van der Waals surface area contributed by atoms with Crippen molar-refractivity contribution in [3.8, 4) is 5.75 Å².